The fourth-order valence-electron chi connectivity index (χ4n) is 4.05. The number of rotatable bonds is 6. The van der Waals surface area contributed by atoms with Crippen LogP contribution in [0.2, 0.25) is 0 Å². The van der Waals surface area contributed by atoms with E-state index in [0.29, 0.717) is 31.2 Å². The Morgan fingerprint density at radius 3 is 2.50 bits per heavy atom. The van der Waals surface area contributed by atoms with Crippen molar-refractivity contribution in [3.8, 4) is 5.75 Å². The Morgan fingerprint density at radius 1 is 1.29 bits per heavy atom. The van der Waals surface area contributed by atoms with Crippen molar-refractivity contribution in [2.45, 2.75) is 43.9 Å². The number of thioether (sulfide) groups is 1. The van der Waals surface area contributed by atoms with Gasteiger partial charge in [-0.05, 0) is 50.4 Å². The van der Waals surface area contributed by atoms with Crippen LogP contribution in [-0.4, -0.2) is 62.0 Å². The number of hydrogen-bond acceptors (Lipinski definition) is 8. The average molecular weight is 490 g/mol. The molecule has 1 saturated carbocycles. The Labute approximate surface area is 200 Å². The van der Waals surface area contributed by atoms with Gasteiger partial charge in [-0.2, -0.15) is 0 Å². The third-order valence-electron chi connectivity index (χ3n) is 6.21. The summed E-state index contributed by atoms with van der Waals surface area (Å²) in [5, 5.41) is 39.5. The lowest BCUT2D eigenvalue weighted by atomic mass is 9.86. The number of aliphatic hydroxyl groups is 1. The number of nitrogens with one attached hydrogen (secondary N) is 4. The lowest BCUT2D eigenvalue weighted by molar-refractivity contribution is 0.00536. The zero-order chi connectivity index (χ0) is 25.0. The summed E-state index contributed by atoms with van der Waals surface area (Å²) in [7, 11) is 3.28. The van der Waals surface area contributed by atoms with Crippen molar-refractivity contribution in [3.63, 3.8) is 0 Å². The van der Waals surface area contributed by atoms with Crippen LogP contribution in [0.25, 0.3) is 0 Å². The second-order valence-electron chi connectivity index (χ2n) is 8.29. The highest BCUT2D eigenvalue weighted by Gasteiger charge is 2.40. The second kappa shape index (κ2) is 10.5. The first kappa shape index (κ1) is 25.6. The number of aromatic hydroxyl groups is 1. The molecule has 1 aliphatic carbocycles. The maximum Gasteiger partial charge on any atom is 0.275 e. The summed E-state index contributed by atoms with van der Waals surface area (Å²) < 4.78 is 13.0. The van der Waals surface area contributed by atoms with Gasteiger partial charge in [0, 0.05) is 19.7 Å². The maximum absolute atomic E-state index is 13.1. The van der Waals surface area contributed by atoms with Gasteiger partial charge in [-0.1, -0.05) is 23.9 Å². The van der Waals surface area contributed by atoms with Crippen molar-refractivity contribution < 1.29 is 19.4 Å². The second-order valence-corrected chi connectivity index (χ2v) is 9.39. The molecule has 0 aliphatic heterocycles. The molecule has 0 spiro atoms. The molecule has 1 aromatic heterocycles. The van der Waals surface area contributed by atoms with Crippen molar-refractivity contribution in [1.82, 2.24) is 15.2 Å². The number of hydrogen-bond donors (Lipinski definition) is 6. The van der Waals surface area contributed by atoms with Crippen LogP contribution in [0.15, 0.2) is 35.3 Å². The molecular formula is C23H28FN5O4S. The van der Waals surface area contributed by atoms with Crippen molar-refractivity contribution in [3.05, 3.63) is 63.3 Å². The Balaban J connectivity index is 1.75. The number of benzene rings is 1. The van der Waals surface area contributed by atoms with Gasteiger partial charge in [0.05, 0.1) is 22.4 Å². The molecule has 1 aromatic carbocycles. The number of amides is 1. The van der Waals surface area contributed by atoms with Gasteiger partial charge in [-0.15, -0.1) is 0 Å². The Bertz CT molecular complexity index is 1140. The highest BCUT2D eigenvalue weighted by Crippen LogP contribution is 2.32. The largest absolute Gasteiger partial charge is 0.503 e. The molecule has 1 fully saturated rings. The number of H-pyrrole nitrogens is 1. The molecule has 3 rings (SSSR count). The van der Waals surface area contributed by atoms with E-state index in [1.165, 1.54) is 35.4 Å². The predicted octanol–water partition coefficient (Wildman–Crippen LogP) is 2.42. The van der Waals surface area contributed by atoms with E-state index in [-0.39, 0.29) is 33.6 Å². The van der Waals surface area contributed by atoms with E-state index in [2.05, 4.69) is 10.3 Å². The molecule has 11 heteroatoms. The van der Waals surface area contributed by atoms with Crippen molar-refractivity contribution in [2.24, 2.45) is 0 Å². The topological polar surface area (TPSA) is 153 Å². The summed E-state index contributed by atoms with van der Waals surface area (Å²) in [4.78, 5) is 29.9. The summed E-state index contributed by atoms with van der Waals surface area (Å²) in [6.07, 6.45) is 2.94. The van der Waals surface area contributed by atoms with Crippen LogP contribution in [0, 0.1) is 16.6 Å². The van der Waals surface area contributed by atoms with Crippen LogP contribution < -0.4 is 10.7 Å². The lowest BCUT2D eigenvalue weighted by Crippen LogP contribution is -2.60. The van der Waals surface area contributed by atoms with E-state index in [4.69, 9.17) is 10.8 Å². The van der Waals surface area contributed by atoms with E-state index in [9.17, 15) is 24.2 Å². The molecule has 2 aromatic rings. The highest BCUT2D eigenvalue weighted by molar-refractivity contribution is 8.26. The van der Waals surface area contributed by atoms with Gasteiger partial charge in [0.1, 0.15) is 10.9 Å². The number of aromatic amines is 1. The molecule has 34 heavy (non-hydrogen) atoms. The zero-order valence-electron chi connectivity index (χ0n) is 18.9. The van der Waals surface area contributed by atoms with E-state index >= 15 is 0 Å². The maximum atomic E-state index is 13.1. The smallest absolute Gasteiger partial charge is 0.275 e. The molecule has 0 saturated heterocycles. The standard InChI is InChI=1S/C23H28FN5O4S/c1-27-23(9-7-15(30)8-10-23)29(2)22(33)18-20(32)19(31)16(12-28-18)21(26)34-17(25)11-13-3-5-14(24)6-4-13/h3-6,12,15,25-27,30,32H,7-11H2,1-2H3,(H,28,31). The van der Waals surface area contributed by atoms with Crippen LogP contribution in [-0.2, 0) is 6.42 Å². The third kappa shape index (κ3) is 5.37. The van der Waals surface area contributed by atoms with Crippen LogP contribution in [0.4, 0.5) is 4.39 Å². The van der Waals surface area contributed by atoms with E-state index in [1.807, 2.05) is 0 Å². The first-order valence-corrected chi connectivity index (χ1v) is 11.6. The number of aromatic nitrogens is 1. The molecule has 1 heterocycles. The van der Waals surface area contributed by atoms with Crippen molar-refractivity contribution >= 4 is 27.8 Å². The number of aliphatic hydroxyl groups excluding tert-OH is 1. The van der Waals surface area contributed by atoms with Crippen LogP contribution in [0.5, 0.6) is 5.75 Å². The Kier molecular flexibility index (Phi) is 7.90. The number of pyridine rings is 1. The minimum atomic E-state index is -0.889. The summed E-state index contributed by atoms with van der Waals surface area (Å²) in [6, 6.07) is 5.63. The molecule has 1 aliphatic rings. The van der Waals surface area contributed by atoms with Crippen LogP contribution >= 0.6 is 11.8 Å². The molecule has 1 amide bonds. The monoisotopic (exact) mass is 489 g/mol. The van der Waals surface area contributed by atoms with E-state index < -0.39 is 28.9 Å². The van der Waals surface area contributed by atoms with E-state index in [0.717, 1.165) is 11.8 Å². The fourth-order valence-corrected chi connectivity index (χ4v) is 4.80. The Morgan fingerprint density at radius 2 is 1.91 bits per heavy atom. The molecule has 182 valence electrons. The first-order chi connectivity index (χ1) is 16.1. The number of nitrogens with zero attached hydrogens (tertiary/aromatic N) is 1. The summed E-state index contributed by atoms with van der Waals surface area (Å²) in [5.74, 6) is -1.79. The fraction of sp³-hybridized carbons (Fsp3) is 0.391. The Hall–Kier alpha value is -3.02. The van der Waals surface area contributed by atoms with E-state index in [1.54, 1.807) is 14.1 Å². The molecule has 0 unspecified atom stereocenters. The van der Waals surface area contributed by atoms with Crippen LogP contribution in [0.3, 0.4) is 0 Å². The third-order valence-corrected chi connectivity index (χ3v) is 7.03. The van der Waals surface area contributed by atoms with Crippen molar-refractivity contribution in [1.29, 1.82) is 10.8 Å². The first-order valence-electron chi connectivity index (χ1n) is 10.8. The summed E-state index contributed by atoms with van der Waals surface area (Å²) in [6.45, 7) is 0. The zero-order valence-corrected chi connectivity index (χ0v) is 19.8. The molecule has 0 radical (unpaired) electrons. The normalized spacial score (nSPS) is 20.1. The van der Waals surface area contributed by atoms with Gasteiger partial charge >= 0.3 is 0 Å². The molecule has 9 nitrogen and oxygen atoms in total. The van der Waals surface area contributed by atoms with Gasteiger partial charge in [0.2, 0.25) is 5.43 Å². The van der Waals surface area contributed by atoms with Gasteiger partial charge in [-0.25, -0.2) is 4.39 Å². The van der Waals surface area contributed by atoms with Crippen molar-refractivity contribution in [2.75, 3.05) is 14.1 Å². The number of halogens is 1. The number of carbonyl (C=O) groups is 1. The van der Waals surface area contributed by atoms with Gasteiger partial charge < -0.3 is 20.1 Å². The quantitative estimate of drug-likeness (QED) is 0.208. The summed E-state index contributed by atoms with van der Waals surface area (Å²) >= 11 is 0.734. The van der Waals surface area contributed by atoms with Gasteiger partial charge in [0.25, 0.3) is 5.91 Å². The lowest BCUT2D eigenvalue weighted by Gasteiger charge is -2.45. The molecule has 0 atom stereocenters. The molecule has 6 N–H and O–H groups in total. The predicted molar refractivity (Wildman–Crippen MR) is 129 cm³/mol. The number of carbonyl (C=O) groups excluding carboxylic acids is 1. The highest BCUT2D eigenvalue weighted by atomic mass is 32.2. The summed E-state index contributed by atoms with van der Waals surface area (Å²) in [5.41, 5.74) is -1.40. The minimum absolute atomic E-state index is 0.0610. The SMILES string of the molecule is CNC1(N(C)C(=O)c2[nH]cc(C(=N)SC(=N)Cc3ccc(F)cc3)c(=O)c2O)CCC(O)CC1. The van der Waals surface area contributed by atoms with Crippen LogP contribution in [0.1, 0.15) is 47.3 Å². The molecule has 0 bridgehead atoms. The molecular weight excluding hydrogens is 461 g/mol. The average Bonchev–Trinajstić information content (AvgIpc) is 2.82. The minimum Gasteiger partial charge on any atom is -0.503 e. The van der Waals surface area contributed by atoms with Gasteiger partial charge in [0.15, 0.2) is 11.4 Å². The van der Waals surface area contributed by atoms with Gasteiger partial charge in [-0.3, -0.25) is 25.7 Å².